The topological polar surface area (TPSA) is 81.8 Å². The number of benzene rings is 2. The summed E-state index contributed by atoms with van der Waals surface area (Å²) >= 11 is 0. The molecule has 1 fully saturated rings. The van der Waals surface area contributed by atoms with Crippen LogP contribution in [0.1, 0.15) is 47.4 Å². The molecule has 1 heterocycles. The highest BCUT2D eigenvalue weighted by Crippen LogP contribution is 2.22. The molecule has 0 saturated carbocycles. The third kappa shape index (κ3) is 5.92. The lowest BCUT2D eigenvalue weighted by Gasteiger charge is -2.18. The van der Waals surface area contributed by atoms with E-state index in [0.717, 1.165) is 38.3 Å². The molecule has 164 valence electrons. The van der Waals surface area contributed by atoms with E-state index in [2.05, 4.69) is 29.4 Å². The number of carbonyl (C=O) groups excluding carboxylic acids is 3. The van der Waals surface area contributed by atoms with E-state index in [0.29, 0.717) is 29.8 Å². The highest BCUT2D eigenvalue weighted by molar-refractivity contribution is 6.05. The van der Waals surface area contributed by atoms with E-state index in [-0.39, 0.29) is 17.7 Å². The summed E-state index contributed by atoms with van der Waals surface area (Å²) in [6.45, 7) is 8.25. The summed E-state index contributed by atoms with van der Waals surface area (Å²) in [4.78, 5) is 40.6. The van der Waals surface area contributed by atoms with Crippen LogP contribution in [0.2, 0.25) is 0 Å². The Hall–Kier alpha value is -3.19. The predicted octanol–water partition coefficient (Wildman–Crippen LogP) is 3.14. The lowest BCUT2D eigenvalue weighted by Crippen LogP contribution is -2.34. The zero-order valence-electron chi connectivity index (χ0n) is 18.2. The minimum Gasteiger partial charge on any atom is -0.351 e. The number of hydrogen-bond acceptors (Lipinski definition) is 4. The number of hydrogen-bond donors (Lipinski definition) is 2. The van der Waals surface area contributed by atoms with Crippen molar-refractivity contribution in [1.82, 2.24) is 10.2 Å². The van der Waals surface area contributed by atoms with Gasteiger partial charge < -0.3 is 20.4 Å². The van der Waals surface area contributed by atoms with Gasteiger partial charge in [-0.25, -0.2) is 0 Å². The molecule has 0 spiro atoms. The van der Waals surface area contributed by atoms with Gasteiger partial charge >= 0.3 is 0 Å². The van der Waals surface area contributed by atoms with Crippen molar-refractivity contribution in [3.05, 3.63) is 59.7 Å². The van der Waals surface area contributed by atoms with Crippen LogP contribution in [0.25, 0.3) is 0 Å². The van der Waals surface area contributed by atoms with E-state index >= 15 is 0 Å². The van der Waals surface area contributed by atoms with Gasteiger partial charge in [0.15, 0.2) is 0 Å². The Morgan fingerprint density at radius 3 is 2.13 bits per heavy atom. The van der Waals surface area contributed by atoms with Gasteiger partial charge in [-0.05, 0) is 68.0 Å². The second-order valence-electron chi connectivity index (χ2n) is 7.51. The van der Waals surface area contributed by atoms with Gasteiger partial charge in [0.25, 0.3) is 11.8 Å². The number of nitrogens with zero attached hydrogens (tertiary/aromatic N) is 2. The lowest BCUT2D eigenvalue weighted by molar-refractivity contribution is -0.117. The van der Waals surface area contributed by atoms with E-state index in [1.165, 1.54) is 0 Å². The quantitative estimate of drug-likeness (QED) is 0.651. The van der Waals surface area contributed by atoms with Gasteiger partial charge in [-0.15, -0.1) is 0 Å². The summed E-state index contributed by atoms with van der Waals surface area (Å²) in [6, 6.07) is 13.9. The summed E-state index contributed by atoms with van der Waals surface area (Å²) in [6.07, 6.45) is 1.44. The lowest BCUT2D eigenvalue weighted by atomic mass is 10.1. The van der Waals surface area contributed by atoms with Crippen LogP contribution in [0.15, 0.2) is 48.5 Å². The molecular formula is C24H30N4O3. The maximum atomic E-state index is 12.5. The second-order valence-corrected chi connectivity index (χ2v) is 7.51. The fourth-order valence-electron chi connectivity index (χ4n) is 3.59. The van der Waals surface area contributed by atoms with Gasteiger partial charge in [0.05, 0.1) is 0 Å². The average molecular weight is 423 g/mol. The first kappa shape index (κ1) is 22.5. The van der Waals surface area contributed by atoms with Gasteiger partial charge in [-0.2, -0.15) is 0 Å². The summed E-state index contributed by atoms with van der Waals surface area (Å²) in [7, 11) is 0. The van der Waals surface area contributed by atoms with E-state index in [1.54, 1.807) is 53.4 Å². The van der Waals surface area contributed by atoms with Crippen LogP contribution in [0.3, 0.4) is 0 Å². The van der Waals surface area contributed by atoms with Crippen molar-refractivity contribution >= 4 is 29.1 Å². The molecule has 31 heavy (non-hydrogen) atoms. The van der Waals surface area contributed by atoms with Crippen molar-refractivity contribution in [1.29, 1.82) is 0 Å². The Morgan fingerprint density at radius 1 is 0.935 bits per heavy atom. The second kappa shape index (κ2) is 10.7. The maximum absolute atomic E-state index is 12.5. The van der Waals surface area contributed by atoms with Crippen LogP contribution >= 0.6 is 0 Å². The molecule has 3 rings (SSSR count). The molecule has 2 N–H and O–H groups in total. The largest absolute Gasteiger partial charge is 0.351 e. The zero-order valence-corrected chi connectivity index (χ0v) is 18.2. The summed E-state index contributed by atoms with van der Waals surface area (Å²) in [5, 5.41) is 5.76. The standard InChI is InChI=1S/C24H30N4O3/c1-3-27(4-2)17-15-25-23(30)18-7-11-20(12-8-18)26-24(31)19-9-13-21(14-10-19)28-16-5-6-22(28)29/h7-14H,3-6,15-17H2,1-2H3,(H,25,30)(H,26,31). The Balaban J connectivity index is 1.52. The minimum absolute atomic E-state index is 0.120. The number of likely N-dealkylation sites (N-methyl/N-ethyl adjacent to an activating group) is 1. The normalized spacial score (nSPS) is 13.5. The molecule has 0 unspecified atom stereocenters. The van der Waals surface area contributed by atoms with Crippen molar-refractivity contribution in [3.63, 3.8) is 0 Å². The molecule has 0 atom stereocenters. The molecule has 0 aliphatic carbocycles. The Bertz CT molecular complexity index is 905. The predicted molar refractivity (Wildman–Crippen MR) is 123 cm³/mol. The highest BCUT2D eigenvalue weighted by Gasteiger charge is 2.21. The van der Waals surface area contributed by atoms with Gasteiger partial charge in [-0.1, -0.05) is 13.8 Å². The fourth-order valence-corrected chi connectivity index (χ4v) is 3.59. The molecule has 7 nitrogen and oxygen atoms in total. The molecule has 2 aromatic carbocycles. The number of amides is 3. The molecular weight excluding hydrogens is 392 g/mol. The molecule has 3 amide bonds. The summed E-state index contributed by atoms with van der Waals surface area (Å²) < 4.78 is 0. The third-order valence-corrected chi connectivity index (χ3v) is 5.53. The molecule has 1 saturated heterocycles. The van der Waals surface area contributed by atoms with Crippen molar-refractivity contribution in [3.8, 4) is 0 Å². The van der Waals surface area contributed by atoms with E-state index < -0.39 is 0 Å². The number of rotatable bonds is 9. The first-order valence-electron chi connectivity index (χ1n) is 10.8. The van der Waals surface area contributed by atoms with E-state index in [4.69, 9.17) is 0 Å². The smallest absolute Gasteiger partial charge is 0.255 e. The average Bonchev–Trinajstić information content (AvgIpc) is 3.23. The number of nitrogens with one attached hydrogen (secondary N) is 2. The molecule has 0 aromatic heterocycles. The van der Waals surface area contributed by atoms with Crippen molar-refractivity contribution in [2.75, 3.05) is 42.9 Å². The van der Waals surface area contributed by atoms with E-state index in [9.17, 15) is 14.4 Å². The van der Waals surface area contributed by atoms with Crippen molar-refractivity contribution in [2.24, 2.45) is 0 Å². The molecule has 1 aliphatic rings. The fraction of sp³-hybridized carbons (Fsp3) is 0.375. The van der Waals surface area contributed by atoms with Crippen LogP contribution in [0.4, 0.5) is 11.4 Å². The minimum atomic E-state index is -0.240. The van der Waals surface area contributed by atoms with Crippen LogP contribution in [-0.4, -0.2) is 55.3 Å². The molecule has 0 bridgehead atoms. The SMILES string of the molecule is CCN(CC)CCNC(=O)c1ccc(NC(=O)c2ccc(N3CCCC3=O)cc2)cc1. The van der Waals surface area contributed by atoms with Gasteiger partial charge in [0.2, 0.25) is 5.91 Å². The van der Waals surface area contributed by atoms with Crippen LogP contribution in [0.5, 0.6) is 0 Å². The maximum Gasteiger partial charge on any atom is 0.255 e. The third-order valence-electron chi connectivity index (χ3n) is 5.53. The number of carbonyl (C=O) groups is 3. The molecule has 7 heteroatoms. The summed E-state index contributed by atoms with van der Waals surface area (Å²) in [5.74, 6) is -0.248. The first-order valence-corrected chi connectivity index (χ1v) is 10.8. The molecule has 0 radical (unpaired) electrons. The van der Waals surface area contributed by atoms with E-state index in [1.807, 2.05) is 0 Å². The van der Waals surface area contributed by atoms with Gasteiger partial charge in [0, 0.05) is 48.6 Å². The molecule has 2 aromatic rings. The monoisotopic (exact) mass is 422 g/mol. The van der Waals surface area contributed by atoms with Crippen LogP contribution < -0.4 is 15.5 Å². The first-order chi connectivity index (χ1) is 15.0. The zero-order chi connectivity index (χ0) is 22.2. The van der Waals surface area contributed by atoms with Crippen molar-refractivity contribution in [2.45, 2.75) is 26.7 Å². The Labute approximate surface area is 183 Å². The van der Waals surface area contributed by atoms with Gasteiger partial charge in [0.1, 0.15) is 0 Å². The highest BCUT2D eigenvalue weighted by atomic mass is 16.2. The van der Waals surface area contributed by atoms with Crippen LogP contribution in [-0.2, 0) is 4.79 Å². The Kier molecular flexibility index (Phi) is 7.78. The molecule has 1 aliphatic heterocycles. The van der Waals surface area contributed by atoms with Gasteiger partial charge in [-0.3, -0.25) is 14.4 Å². The number of anilines is 2. The van der Waals surface area contributed by atoms with Crippen molar-refractivity contribution < 1.29 is 14.4 Å². The van der Waals surface area contributed by atoms with Crippen LogP contribution in [0, 0.1) is 0 Å². The summed E-state index contributed by atoms with van der Waals surface area (Å²) in [5.41, 5.74) is 2.49. The Morgan fingerprint density at radius 2 is 1.55 bits per heavy atom.